The molecule has 0 aromatic heterocycles. The molecule has 1 rings (SSSR count). The van der Waals surface area contributed by atoms with E-state index in [9.17, 15) is 34.5 Å². The maximum atomic E-state index is 13.2. The van der Waals surface area contributed by atoms with Crippen LogP contribution in [0.4, 0.5) is 0 Å². The molecule has 0 aliphatic carbocycles. The van der Waals surface area contributed by atoms with Gasteiger partial charge in [0.15, 0.2) is 24.6 Å². The van der Waals surface area contributed by atoms with Gasteiger partial charge in [-0.1, -0.05) is 225 Å². The van der Waals surface area contributed by atoms with Crippen molar-refractivity contribution in [3.05, 3.63) is 134 Å². The standard InChI is InChI=1S/C69H108O12/c1-4-7-10-13-16-19-22-25-28-30-31-33-35-37-40-43-46-49-52-55-61(70)77-58-60(79-62(71)56-53-50-47-44-41-39-36-32-29-26-23-20-17-14-11-8-5-2)59-78-69-67(65(74)64(73)66(81-69)68(75)76)80-63(72)57-54-51-48-45-42-38-34-27-24-21-18-15-12-9-6-3/h8-9,11-12,16-21,25-29,31,33-34,42,45,51,54,60,64-67,69,73-74H,4-7,10,13-15,22-24,30,32,35-41,43-44,46-50,52-53,55-59H2,1-3H3,(H,75,76)/b11-8-,12-9-,19-16-,20-17-,21-18-,28-25-,29-26-,33-31-,34-27-,45-42-,54-51-. The predicted molar refractivity (Wildman–Crippen MR) is 330 cm³/mol. The molecule has 1 fully saturated rings. The second kappa shape index (κ2) is 55.4. The number of carbonyl (C=O) groups excluding carboxylic acids is 3. The Morgan fingerprint density at radius 2 is 0.815 bits per heavy atom. The number of carboxylic acids is 1. The van der Waals surface area contributed by atoms with Crippen LogP contribution in [0, 0.1) is 0 Å². The van der Waals surface area contributed by atoms with Crippen LogP contribution in [0.15, 0.2) is 134 Å². The molecular weight excluding hydrogens is 1020 g/mol. The lowest BCUT2D eigenvalue weighted by molar-refractivity contribution is -0.301. The van der Waals surface area contributed by atoms with Crippen molar-refractivity contribution in [3.63, 3.8) is 0 Å². The van der Waals surface area contributed by atoms with E-state index < -0.39 is 67.3 Å². The molecule has 3 N–H and O–H groups in total. The third kappa shape index (κ3) is 45.1. The summed E-state index contributed by atoms with van der Waals surface area (Å²) in [6.07, 6.45) is 65.8. The second-order valence-electron chi connectivity index (χ2n) is 20.6. The lowest BCUT2D eigenvalue weighted by atomic mass is 9.98. The Balaban J connectivity index is 2.74. The third-order valence-corrected chi connectivity index (χ3v) is 13.2. The molecule has 1 aliphatic rings. The third-order valence-electron chi connectivity index (χ3n) is 13.2. The molecule has 1 aliphatic heterocycles. The average molecular weight is 1130 g/mol. The monoisotopic (exact) mass is 1130 g/mol. The number of rotatable bonds is 51. The Bertz CT molecular complexity index is 1920. The zero-order valence-corrected chi connectivity index (χ0v) is 50.2. The van der Waals surface area contributed by atoms with Crippen LogP contribution in [-0.2, 0) is 42.9 Å². The van der Waals surface area contributed by atoms with Gasteiger partial charge in [-0.2, -0.15) is 0 Å². The van der Waals surface area contributed by atoms with E-state index in [0.717, 1.165) is 141 Å². The first-order chi connectivity index (χ1) is 39.6. The van der Waals surface area contributed by atoms with Crippen LogP contribution in [0.2, 0.25) is 0 Å². The van der Waals surface area contributed by atoms with E-state index in [-0.39, 0.29) is 25.9 Å². The molecule has 1 heterocycles. The first-order valence-electron chi connectivity index (χ1n) is 31.2. The summed E-state index contributed by atoms with van der Waals surface area (Å²) in [7, 11) is 0. The van der Waals surface area contributed by atoms with E-state index >= 15 is 0 Å². The number of aliphatic carboxylic acids is 1. The number of aliphatic hydroxyl groups is 2. The van der Waals surface area contributed by atoms with Gasteiger partial charge in [0.05, 0.1) is 13.0 Å². The van der Waals surface area contributed by atoms with Gasteiger partial charge in [-0.25, -0.2) is 4.79 Å². The van der Waals surface area contributed by atoms with Crippen LogP contribution in [0.5, 0.6) is 0 Å². The number of ether oxygens (including phenoxy) is 5. The second-order valence-corrected chi connectivity index (χ2v) is 20.6. The van der Waals surface area contributed by atoms with E-state index in [0.29, 0.717) is 19.3 Å². The zero-order valence-electron chi connectivity index (χ0n) is 50.2. The van der Waals surface area contributed by atoms with Crippen molar-refractivity contribution in [2.24, 2.45) is 0 Å². The predicted octanol–water partition coefficient (Wildman–Crippen LogP) is 16.6. The van der Waals surface area contributed by atoms with Crippen molar-refractivity contribution in [2.75, 3.05) is 13.2 Å². The van der Waals surface area contributed by atoms with Crippen LogP contribution in [-0.4, -0.2) is 89.2 Å². The molecule has 0 aromatic carbocycles. The molecule has 12 nitrogen and oxygen atoms in total. The molecule has 456 valence electrons. The lowest BCUT2D eigenvalue weighted by Gasteiger charge is -2.40. The van der Waals surface area contributed by atoms with Crippen molar-refractivity contribution >= 4 is 23.9 Å². The average Bonchev–Trinajstić information content (AvgIpc) is 3.53. The molecule has 6 unspecified atom stereocenters. The molecule has 1 saturated heterocycles. The fraction of sp³-hybridized carbons (Fsp3) is 0.623. The van der Waals surface area contributed by atoms with Crippen LogP contribution in [0.3, 0.4) is 0 Å². The highest BCUT2D eigenvalue weighted by molar-refractivity contribution is 5.74. The lowest BCUT2D eigenvalue weighted by Crippen LogP contribution is -2.61. The summed E-state index contributed by atoms with van der Waals surface area (Å²) in [5, 5.41) is 31.5. The van der Waals surface area contributed by atoms with Gasteiger partial charge in [0.1, 0.15) is 18.8 Å². The molecule has 0 bridgehead atoms. The van der Waals surface area contributed by atoms with Crippen molar-refractivity contribution in [1.82, 2.24) is 0 Å². The maximum Gasteiger partial charge on any atom is 0.335 e. The highest BCUT2D eigenvalue weighted by atomic mass is 16.7. The van der Waals surface area contributed by atoms with E-state index in [1.807, 2.05) is 12.2 Å². The fourth-order valence-corrected chi connectivity index (χ4v) is 8.52. The van der Waals surface area contributed by atoms with E-state index in [4.69, 9.17) is 23.7 Å². The number of esters is 3. The number of carbonyl (C=O) groups is 4. The summed E-state index contributed by atoms with van der Waals surface area (Å²) in [5.41, 5.74) is 0. The zero-order chi connectivity index (χ0) is 58.9. The van der Waals surface area contributed by atoms with Gasteiger partial charge in [0.25, 0.3) is 0 Å². The van der Waals surface area contributed by atoms with Gasteiger partial charge < -0.3 is 39.0 Å². The van der Waals surface area contributed by atoms with Crippen LogP contribution < -0.4 is 0 Å². The molecule has 0 radical (unpaired) electrons. The summed E-state index contributed by atoms with van der Waals surface area (Å²) < 4.78 is 28.3. The largest absolute Gasteiger partial charge is 0.479 e. The summed E-state index contributed by atoms with van der Waals surface area (Å²) in [6, 6.07) is 0. The van der Waals surface area contributed by atoms with Crippen LogP contribution in [0.1, 0.15) is 226 Å². The van der Waals surface area contributed by atoms with Crippen LogP contribution >= 0.6 is 0 Å². The number of hydrogen-bond donors (Lipinski definition) is 3. The number of unbranched alkanes of at least 4 members (excludes halogenated alkanes) is 16. The Labute approximate surface area is 490 Å². The van der Waals surface area contributed by atoms with E-state index in [2.05, 4.69) is 130 Å². The quantitative estimate of drug-likeness (QED) is 0.0228. The highest BCUT2D eigenvalue weighted by Crippen LogP contribution is 2.26. The number of aliphatic hydroxyl groups excluding tert-OH is 2. The first-order valence-corrected chi connectivity index (χ1v) is 31.2. The molecule has 0 amide bonds. The molecule has 0 saturated carbocycles. The molecule has 81 heavy (non-hydrogen) atoms. The van der Waals surface area contributed by atoms with Crippen molar-refractivity contribution in [3.8, 4) is 0 Å². The minimum absolute atomic E-state index is 0.130. The SMILES string of the molecule is CC/C=C\C/C=C\C/C=C\C/C=C\C/C=C\CC(=O)OC1C(OCC(COC(=O)CCCCCCCC/C=C\C/C=C\C/C=C\CCCCC)OC(=O)CCCCCCCCC/C=C\C/C=C\C/C=C\CC)OC(C(=O)O)C(O)C1O. The summed E-state index contributed by atoms with van der Waals surface area (Å²) in [4.78, 5) is 51.2. The number of hydrogen-bond acceptors (Lipinski definition) is 11. The van der Waals surface area contributed by atoms with Crippen molar-refractivity contribution < 1.29 is 58.2 Å². The van der Waals surface area contributed by atoms with Gasteiger partial charge in [0.2, 0.25) is 0 Å². The minimum Gasteiger partial charge on any atom is -0.479 e. The van der Waals surface area contributed by atoms with Gasteiger partial charge >= 0.3 is 23.9 Å². The minimum atomic E-state index is -1.95. The molecule has 12 heteroatoms. The smallest absolute Gasteiger partial charge is 0.335 e. The summed E-state index contributed by atoms with van der Waals surface area (Å²) >= 11 is 0. The molecule has 0 spiro atoms. The highest BCUT2D eigenvalue weighted by Gasteiger charge is 2.50. The van der Waals surface area contributed by atoms with Crippen molar-refractivity contribution in [2.45, 2.75) is 263 Å². The van der Waals surface area contributed by atoms with Gasteiger partial charge in [-0.05, 0) is 116 Å². The van der Waals surface area contributed by atoms with E-state index in [1.165, 1.54) is 25.7 Å². The number of allylic oxidation sites excluding steroid dienone is 21. The Morgan fingerprint density at radius 3 is 1.25 bits per heavy atom. The first kappa shape index (κ1) is 73.9. The molecule has 0 aromatic rings. The van der Waals surface area contributed by atoms with Crippen molar-refractivity contribution in [1.29, 1.82) is 0 Å². The van der Waals surface area contributed by atoms with Crippen LogP contribution in [0.25, 0.3) is 0 Å². The topological polar surface area (TPSA) is 175 Å². The summed E-state index contributed by atoms with van der Waals surface area (Å²) in [6.45, 7) is 5.68. The molecule has 6 atom stereocenters. The van der Waals surface area contributed by atoms with Gasteiger partial charge in [0, 0.05) is 12.8 Å². The van der Waals surface area contributed by atoms with Gasteiger partial charge in [-0.3, -0.25) is 14.4 Å². The fourth-order valence-electron chi connectivity index (χ4n) is 8.52. The Hall–Kier alpha value is -5.14. The van der Waals surface area contributed by atoms with E-state index in [1.54, 1.807) is 12.2 Å². The Morgan fingerprint density at radius 1 is 0.432 bits per heavy atom. The summed E-state index contributed by atoms with van der Waals surface area (Å²) in [5.74, 6) is -3.33. The number of carboxylic acid groups (broad SMARTS) is 1. The molecular formula is C69H108O12. The normalized spacial score (nSPS) is 18.7. The Kier molecular flexibility index (Phi) is 50.5. The van der Waals surface area contributed by atoms with Gasteiger partial charge in [-0.15, -0.1) is 0 Å². The maximum absolute atomic E-state index is 13.2.